The molecule has 1 saturated heterocycles. The number of primary sulfonamides is 1. The molecule has 1 amide bonds. The Kier molecular flexibility index (Phi) is 5.22. The Hall–Kier alpha value is -1.64. The lowest BCUT2D eigenvalue weighted by atomic mass is 10.0. The van der Waals surface area contributed by atoms with Crippen molar-refractivity contribution in [3.05, 3.63) is 29.8 Å². The van der Waals surface area contributed by atoms with Crippen LogP contribution in [-0.2, 0) is 14.8 Å². The molecule has 1 aliphatic rings. The molecule has 8 heteroatoms. The maximum absolute atomic E-state index is 11.9. The van der Waals surface area contributed by atoms with Gasteiger partial charge in [0.15, 0.2) is 0 Å². The predicted molar refractivity (Wildman–Crippen MR) is 91.0 cm³/mol. The van der Waals surface area contributed by atoms with Gasteiger partial charge in [-0.2, -0.15) is 0 Å². The number of hydrogen-bond donors (Lipinski definition) is 2. The number of nitrogens with one attached hydrogen (secondary N) is 1. The van der Waals surface area contributed by atoms with Gasteiger partial charge in [0.2, 0.25) is 10.0 Å². The lowest BCUT2D eigenvalue weighted by Gasteiger charge is -2.41. The summed E-state index contributed by atoms with van der Waals surface area (Å²) < 4.78 is 27.8. The summed E-state index contributed by atoms with van der Waals surface area (Å²) in [5, 5.41) is 8.50. The summed E-state index contributed by atoms with van der Waals surface area (Å²) in [4.78, 5) is 13.6. The third-order valence-electron chi connectivity index (χ3n) is 3.73. The number of ether oxygens (including phenoxy) is 1. The Morgan fingerprint density at radius 3 is 2.29 bits per heavy atom. The molecule has 134 valence electrons. The Balaban J connectivity index is 1.84. The fourth-order valence-corrected chi connectivity index (χ4v) is 2.97. The van der Waals surface area contributed by atoms with Gasteiger partial charge in [-0.15, -0.1) is 0 Å². The molecule has 0 aromatic heterocycles. The zero-order chi connectivity index (χ0) is 18.1. The Bertz CT molecular complexity index is 689. The average Bonchev–Trinajstić information content (AvgIpc) is 2.39. The predicted octanol–water partition coefficient (Wildman–Crippen LogP) is 1.60. The molecule has 7 nitrogen and oxygen atoms in total. The summed E-state index contributed by atoms with van der Waals surface area (Å²) in [6.07, 6.45) is -0.300. The van der Waals surface area contributed by atoms with Crippen LogP contribution in [0.25, 0.3) is 0 Å². The van der Waals surface area contributed by atoms with Crippen LogP contribution in [0.15, 0.2) is 29.2 Å². The number of amides is 1. The van der Waals surface area contributed by atoms with Crippen molar-refractivity contribution in [2.45, 2.75) is 50.3 Å². The SMILES string of the molecule is CC(NC1CN(C(=O)OC(C)(C)C)C1)c1ccc(S(N)(=O)=O)cc1. The van der Waals surface area contributed by atoms with E-state index >= 15 is 0 Å². The Labute approximate surface area is 143 Å². The highest BCUT2D eigenvalue weighted by atomic mass is 32.2. The molecule has 0 aliphatic carbocycles. The molecular formula is C16H25N3O4S. The van der Waals surface area contributed by atoms with Gasteiger partial charge in [0.05, 0.1) is 4.90 Å². The number of carbonyl (C=O) groups excluding carboxylic acids is 1. The topological polar surface area (TPSA) is 102 Å². The van der Waals surface area contributed by atoms with Crippen LogP contribution < -0.4 is 10.5 Å². The van der Waals surface area contributed by atoms with E-state index in [1.54, 1.807) is 17.0 Å². The van der Waals surface area contributed by atoms with Gasteiger partial charge in [-0.3, -0.25) is 0 Å². The number of carbonyl (C=O) groups is 1. The van der Waals surface area contributed by atoms with E-state index in [1.807, 2.05) is 27.7 Å². The highest BCUT2D eigenvalue weighted by molar-refractivity contribution is 7.89. The van der Waals surface area contributed by atoms with Crippen molar-refractivity contribution in [3.8, 4) is 0 Å². The van der Waals surface area contributed by atoms with E-state index in [9.17, 15) is 13.2 Å². The maximum Gasteiger partial charge on any atom is 0.410 e. The first-order valence-corrected chi connectivity index (χ1v) is 9.37. The van der Waals surface area contributed by atoms with Crippen molar-refractivity contribution < 1.29 is 17.9 Å². The first-order chi connectivity index (χ1) is 11.0. The fourth-order valence-electron chi connectivity index (χ4n) is 2.46. The van der Waals surface area contributed by atoms with E-state index in [0.29, 0.717) is 13.1 Å². The second kappa shape index (κ2) is 6.70. The molecule has 1 aliphatic heterocycles. The van der Waals surface area contributed by atoms with E-state index in [1.165, 1.54) is 12.1 Å². The van der Waals surface area contributed by atoms with Crippen LogP contribution in [0.5, 0.6) is 0 Å². The first-order valence-electron chi connectivity index (χ1n) is 7.82. The number of nitrogens with two attached hydrogens (primary N) is 1. The maximum atomic E-state index is 11.9. The minimum atomic E-state index is -3.67. The second-order valence-electron chi connectivity index (χ2n) is 7.08. The number of hydrogen-bond acceptors (Lipinski definition) is 5. The molecular weight excluding hydrogens is 330 g/mol. The van der Waals surface area contributed by atoms with Gasteiger partial charge in [0, 0.05) is 25.2 Å². The molecule has 3 N–H and O–H groups in total. The van der Waals surface area contributed by atoms with Crippen LogP contribution in [-0.4, -0.2) is 44.1 Å². The average molecular weight is 355 g/mol. The van der Waals surface area contributed by atoms with Crippen LogP contribution >= 0.6 is 0 Å². The van der Waals surface area contributed by atoms with Crippen LogP contribution in [0.1, 0.15) is 39.3 Å². The third-order valence-corrected chi connectivity index (χ3v) is 4.66. The summed E-state index contributed by atoms with van der Waals surface area (Å²) in [5.41, 5.74) is 0.464. The Morgan fingerprint density at radius 1 is 1.29 bits per heavy atom. The summed E-state index contributed by atoms with van der Waals surface area (Å²) >= 11 is 0. The van der Waals surface area contributed by atoms with Gasteiger partial charge in [-0.05, 0) is 45.4 Å². The molecule has 0 bridgehead atoms. The lowest BCUT2D eigenvalue weighted by Crippen LogP contribution is -2.60. The van der Waals surface area contributed by atoms with Gasteiger partial charge in [0.25, 0.3) is 0 Å². The van der Waals surface area contributed by atoms with Crippen LogP contribution in [0.2, 0.25) is 0 Å². The number of benzene rings is 1. The smallest absolute Gasteiger partial charge is 0.410 e. The molecule has 1 aromatic carbocycles. The normalized spacial score (nSPS) is 17.3. The Morgan fingerprint density at radius 2 is 1.83 bits per heavy atom. The van der Waals surface area contributed by atoms with Gasteiger partial charge in [-0.25, -0.2) is 18.4 Å². The summed E-state index contributed by atoms with van der Waals surface area (Å²) in [6.45, 7) is 8.69. The summed E-state index contributed by atoms with van der Waals surface area (Å²) in [6, 6.07) is 6.69. The molecule has 24 heavy (non-hydrogen) atoms. The highest BCUT2D eigenvalue weighted by Gasteiger charge is 2.34. The van der Waals surface area contributed by atoms with Crippen LogP contribution in [0, 0.1) is 0 Å². The monoisotopic (exact) mass is 355 g/mol. The van der Waals surface area contributed by atoms with E-state index in [-0.39, 0.29) is 23.1 Å². The number of rotatable bonds is 4. The van der Waals surface area contributed by atoms with Crippen molar-refractivity contribution >= 4 is 16.1 Å². The van der Waals surface area contributed by atoms with E-state index in [2.05, 4.69) is 5.32 Å². The molecule has 0 saturated carbocycles. The zero-order valence-corrected chi connectivity index (χ0v) is 15.3. The molecule has 1 aromatic rings. The lowest BCUT2D eigenvalue weighted by molar-refractivity contribution is 0.00434. The molecule has 1 fully saturated rings. The van der Waals surface area contributed by atoms with Gasteiger partial charge in [-0.1, -0.05) is 12.1 Å². The summed E-state index contributed by atoms with van der Waals surface area (Å²) in [7, 11) is -3.67. The van der Waals surface area contributed by atoms with Gasteiger partial charge in [0.1, 0.15) is 5.60 Å². The molecule has 0 spiro atoms. The molecule has 1 heterocycles. The number of nitrogens with zero attached hydrogens (tertiary/aromatic N) is 1. The highest BCUT2D eigenvalue weighted by Crippen LogP contribution is 2.20. The largest absolute Gasteiger partial charge is 0.444 e. The standard InChI is InChI=1S/C16H25N3O4S/c1-11(12-5-7-14(8-6-12)24(17,21)22)18-13-9-19(10-13)15(20)23-16(2,3)4/h5-8,11,13,18H,9-10H2,1-4H3,(H2,17,21,22). The van der Waals surface area contributed by atoms with Gasteiger partial charge >= 0.3 is 6.09 Å². The molecule has 1 atom stereocenters. The van der Waals surface area contributed by atoms with E-state index < -0.39 is 15.6 Å². The first kappa shape index (κ1) is 18.7. The molecule has 2 rings (SSSR count). The van der Waals surface area contributed by atoms with E-state index in [4.69, 9.17) is 9.88 Å². The third kappa shape index (κ3) is 4.93. The molecule has 1 unspecified atom stereocenters. The van der Waals surface area contributed by atoms with E-state index in [0.717, 1.165) is 5.56 Å². The van der Waals surface area contributed by atoms with Crippen molar-refractivity contribution in [3.63, 3.8) is 0 Å². The van der Waals surface area contributed by atoms with Crippen molar-refractivity contribution in [2.24, 2.45) is 5.14 Å². The minimum Gasteiger partial charge on any atom is -0.444 e. The van der Waals surface area contributed by atoms with Crippen molar-refractivity contribution in [2.75, 3.05) is 13.1 Å². The van der Waals surface area contributed by atoms with Crippen LogP contribution in [0.4, 0.5) is 4.79 Å². The van der Waals surface area contributed by atoms with Crippen LogP contribution in [0.3, 0.4) is 0 Å². The van der Waals surface area contributed by atoms with Crippen molar-refractivity contribution in [1.29, 1.82) is 0 Å². The van der Waals surface area contributed by atoms with Crippen molar-refractivity contribution in [1.82, 2.24) is 10.2 Å². The fraction of sp³-hybridized carbons (Fsp3) is 0.562. The minimum absolute atomic E-state index is 0.0327. The second-order valence-corrected chi connectivity index (χ2v) is 8.65. The molecule has 0 radical (unpaired) electrons. The summed E-state index contributed by atoms with van der Waals surface area (Å²) in [5.74, 6) is 0. The number of likely N-dealkylation sites (tertiary alicyclic amines) is 1. The van der Waals surface area contributed by atoms with Gasteiger partial charge < -0.3 is 15.0 Å². The zero-order valence-electron chi connectivity index (χ0n) is 14.4. The number of sulfonamides is 1. The quantitative estimate of drug-likeness (QED) is 0.854.